The Morgan fingerprint density at radius 3 is 2.13 bits per heavy atom. The molecule has 0 aliphatic rings. The van der Waals surface area contributed by atoms with Gasteiger partial charge in [-0.2, -0.15) is 0 Å². The van der Waals surface area contributed by atoms with Crippen LogP contribution in [0.5, 0.6) is 0 Å². The molecular formula is C19H14F2NPt-. The minimum Gasteiger partial charge on any atom is -0.296 e. The van der Waals surface area contributed by atoms with Gasteiger partial charge in [0.25, 0.3) is 0 Å². The average Bonchev–Trinajstić information content (AvgIpc) is 2.47. The first-order valence-corrected chi connectivity index (χ1v) is 6.96. The second-order valence-electron chi connectivity index (χ2n) is 5.24. The summed E-state index contributed by atoms with van der Waals surface area (Å²) in [5, 5.41) is 0. The third-order valence-corrected chi connectivity index (χ3v) is 3.55. The molecule has 0 amide bonds. The van der Waals surface area contributed by atoms with Crippen LogP contribution >= 0.6 is 0 Å². The van der Waals surface area contributed by atoms with E-state index >= 15 is 0 Å². The molecule has 2 aromatic carbocycles. The number of pyridine rings is 1. The van der Waals surface area contributed by atoms with Crippen molar-refractivity contribution in [2.75, 3.05) is 0 Å². The fourth-order valence-electron chi connectivity index (χ4n) is 2.60. The number of aromatic nitrogens is 1. The summed E-state index contributed by atoms with van der Waals surface area (Å²) in [6.07, 6.45) is 0. The van der Waals surface area contributed by atoms with Crippen LogP contribution in [0, 0.1) is 31.5 Å². The summed E-state index contributed by atoms with van der Waals surface area (Å²) < 4.78 is 26.4. The average molecular weight is 489 g/mol. The zero-order valence-corrected chi connectivity index (χ0v) is 14.9. The van der Waals surface area contributed by atoms with E-state index in [1.54, 1.807) is 6.07 Å². The van der Waals surface area contributed by atoms with E-state index in [2.05, 4.69) is 11.1 Å². The first-order valence-electron chi connectivity index (χ1n) is 6.96. The molecule has 120 valence electrons. The van der Waals surface area contributed by atoms with Crippen LogP contribution < -0.4 is 0 Å². The van der Waals surface area contributed by atoms with Crippen molar-refractivity contribution in [3.05, 3.63) is 77.4 Å². The van der Waals surface area contributed by atoms with Crippen LogP contribution in [-0.4, -0.2) is 4.98 Å². The Hall–Kier alpha value is -1.86. The summed E-state index contributed by atoms with van der Waals surface area (Å²) in [5.41, 5.74) is 4.80. The molecule has 0 aliphatic carbocycles. The normalized spacial score (nSPS) is 10.3. The smallest absolute Gasteiger partial charge is 0.123 e. The van der Waals surface area contributed by atoms with Crippen molar-refractivity contribution < 1.29 is 29.8 Å². The molecule has 3 rings (SSSR count). The number of hydrogen-bond donors (Lipinski definition) is 0. The molecule has 0 spiro atoms. The van der Waals surface area contributed by atoms with Gasteiger partial charge in [0, 0.05) is 32.4 Å². The van der Waals surface area contributed by atoms with Crippen molar-refractivity contribution in [1.29, 1.82) is 0 Å². The summed E-state index contributed by atoms with van der Waals surface area (Å²) >= 11 is 0. The second-order valence-corrected chi connectivity index (χ2v) is 5.24. The largest absolute Gasteiger partial charge is 0.296 e. The molecule has 0 bridgehead atoms. The van der Waals surface area contributed by atoms with E-state index in [-0.39, 0.29) is 32.7 Å². The number of aryl methyl sites for hydroxylation is 2. The maximum absolute atomic E-state index is 13.4. The van der Waals surface area contributed by atoms with Crippen LogP contribution in [0.2, 0.25) is 0 Å². The topological polar surface area (TPSA) is 12.9 Å². The zero-order chi connectivity index (χ0) is 15.7. The zero-order valence-electron chi connectivity index (χ0n) is 12.6. The predicted molar refractivity (Wildman–Crippen MR) is 83.3 cm³/mol. The molecule has 0 saturated heterocycles. The van der Waals surface area contributed by atoms with Gasteiger partial charge in [0.05, 0.1) is 5.69 Å². The molecule has 0 atom stereocenters. The SMILES string of the molecule is Cc1cc(F)cc(C)c1-c1cccc(-c2[c-]cc(F)cc2)n1.[Pt]. The number of hydrogen-bond acceptors (Lipinski definition) is 1. The Kier molecular flexibility index (Phi) is 5.43. The fraction of sp³-hybridized carbons (Fsp3) is 0.105. The van der Waals surface area contributed by atoms with Gasteiger partial charge in [0.2, 0.25) is 0 Å². The van der Waals surface area contributed by atoms with E-state index < -0.39 is 0 Å². The standard InChI is InChI=1S/C19H14F2N.Pt/c1-12-10-16(21)11-13(2)19(12)18-5-3-4-17(22-18)14-6-8-15(20)9-7-14;/h3-6,8-11H,1-2H3;/q-1;. The molecule has 3 aromatic rings. The minimum atomic E-state index is -0.329. The van der Waals surface area contributed by atoms with Crippen LogP contribution in [0.3, 0.4) is 0 Å². The molecule has 1 aromatic heterocycles. The molecule has 1 nitrogen and oxygen atoms in total. The minimum absolute atomic E-state index is 0. The number of nitrogens with zero attached hydrogens (tertiary/aromatic N) is 1. The second kappa shape index (κ2) is 7.14. The molecule has 0 unspecified atom stereocenters. The summed E-state index contributed by atoms with van der Waals surface area (Å²) in [4.78, 5) is 4.62. The van der Waals surface area contributed by atoms with E-state index in [9.17, 15) is 8.78 Å². The fourth-order valence-corrected chi connectivity index (χ4v) is 2.60. The van der Waals surface area contributed by atoms with Crippen LogP contribution in [0.15, 0.2) is 48.5 Å². The van der Waals surface area contributed by atoms with E-state index in [1.807, 2.05) is 32.0 Å². The van der Waals surface area contributed by atoms with Crippen LogP contribution in [0.1, 0.15) is 11.1 Å². The Morgan fingerprint density at radius 1 is 0.870 bits per heavy atom. The van der Waals surface area contributed by atoms with Crippen molar-refractivity contribution in [3.63, 3.8) is 0 Å². The molecule has 1 heterocycles. The van der Waals surface area contributed by atoms with Gasteiger partial charge in [-0.15, -0.1) is 29.8 Å². The molecule has 4 heteroatoms. The number of benzene rings is 2. The first kappa shape index (κ1) is 17.5. The Labute approximate surface area is 148 Å². The monoisotopic (exact) mass is 489 g/mol. The van der Waals surface area contributed by atoms with E-state index in [0.717, 1.165) is 27.9 Å². The van der Waals surface area contributed by atoms with E-state index in [4.69, 9.17) is 0 Å². The van der Waals surface area contributed by atoms with Gasteiger partial charge < -0.3 is 0 Å². The predicted octanol–water partition coefficient (Wildman–Crippen LogP) is 5.11. The van der Waals surface area contributed by atoms with Crippen molar-refractivity contribution >= 4 is 0 Å². The summed E-state index contributed by atoms with van der Waals surface area (Å²) in [6.45, 7) is 3.73. The van der Waals surface area contributed by atoms with Crippen molar-refractivity contribution in [1.82, 2.24) is 4.98 Å². The maximum Gasteiger partial charge on any atom is 0.123 e. The van der Waals surface area contributed by atoms with Crippen molar-refractivity contribution in [2.24, 2.45) is 0 Å². The van der Waals surface area contributed by atoms with Crippen LogP contribution in [-0.2, 0) is 21.1 Å². The van der Waals surface area contributed by atoms with E-state index in [0.29, 0.717) is 5.69 Å². The van der Waals surface area contributed by atoms with Gasteiger partial charge >= 0.3 is 0 Å². The van der Waals surface area contributed by atoms with Gasteiger partial charge in [-0.1, -0.05) is 12.1 Å². The van der Waals surface area contributed by atoms with Crippen LogP contribution in [0.4, 0.5) is 8.78 Å². The quantitative estimate of drug-likeness (QED) is 0.456. The third-order valence-electron chi connectivity index (χ3n) is 3.55. The van der Waals surface area contributed by atoms with Gasteiger partial charge in [-0.3, -0.25) is 9.37 Å². The van der Waals surface area contributed by atoms with Gasteiger partial charge in [0.15, 0.2) is 0 Å². The molecule has 0 radical (unpaired) electrons. The summed E-state index contributed by atoms with van der Waals surface area (Å²) in [6, 6.07) is 15.8. The van der Waals surface area contributed by atoms with Crippen molar-refractivity contribution in [3.8, 4) is 22.5 Å². The molecule has 0 N–H and O–H groups in total. The van der Waals surface area contributed by atoms with Gasteiger partial charge in [-0.05, 0) is 48.9 Å². The molecule has 0 saturated carbocycles. The Morgan fingerprint density at radius 2 is 1.52 bits per heavy atom. The number of rotatable bonds is 2. The Balaban J connectivity index is 0.00000192. The molecular weight excluding hydrogens is 475 g/mol. The third kappa shape index (κ3) is 3.73. The van der Waals surface area contributed by atoms with Crippen molar-refractivity contribution in [2.45, 2.75) is 13.8 Å². The first-order chi connectivity index (χ1) is 10.5. The molecule has 0 aliphatic heterocycles. The molecule has 23 heavy (non-hydrogen) atoms. The van der Waals surface area contributed by atoms with Gasteiger partial charge in [-0.25, -0.2) is 4.39 Å². The van der Waals surface area contributed by atoms with E-state index in [1.165, 1.54) is 24.3 Å². The Bertz CT molecular complexity index is 806. The summed E-state index contributed by atoms with van der Waals surface area (Å²) in [7, 11) is 0. The van der Waals surface area contributed by atoms with Crippen LogP contribution in [0.25, 0.3) is 22.5 Å². The molecule has 0 fully saturated rings. The maximum atomic E-state index is 13.4. The summed E-state index contributed by atoms with van der Waals surface area (Å²) in [5.74, 6) is -0.577. The van der Waals surface area contributed by atoms with Gasteiger partial charge in [0.1, 0.15) is 5.82 Å². The number of halogens is 2.